The molecule has 0 radical (unpaired) electrons. The molecule has 154 valence electrons. The molecule has 0 spiro atoms. The summed E-state index contributed by atoms with van der Waals surface area (Å²) < 4.78 is 54.7. The molecule has 2 aromatic carbocycles. The van der Waals surface area contributed by atoms with Crippen LogP contribution in [0, 0.1) is 17.6 Å². The lowest BCUT2D eigenvalue weighted by Gasteiger charge is -2.34. The van der Waals surface area contributed by atoms with Crippen molar-refractivity contribution in [2.24, 2.45) is 5.92 Å². The molecule has 1 aliphatic heterocycles. The summed E-state index contributed by atoms with van der Waals surface area (Å²) in [7, 11) is -4.15. The van der Waals surface area contributed by atoms with Crippen molar-refractivity contribution in [3.63, 3.8) is 0 Å². The fourth-order valence-corrected chi connectivity index (χ4v) is 5.51. The monoisotopic (exact) mass is 484 g/mol. The highest BCUT2D eigenvalue weighted by molar-refractivity contribution is 9.10. The van der Waals surface area contributed by atoms with Crippen LogP contribution in [0.15, 0.2) is 51.8 Å². The van der Waals surface area contributed by atoms with Gasteiger partial charge in [-0.2, -0.15) is 4.31 Å². The highest BCUT2D eigenvalue weighted by Crippen LogP contribution is 2.48. The van der Waals surface area contributed by atoms with E-state index in [4.69, 9.17) is 0 Å². The van der Waals surface area contributed by atoms with Crippen LogP contribution < -0.4 is 0 Å². The predicted octanol–water partition coefficient (Wildman–Crippen LogP) is 3.36. The minimum absolute atomic E-state index is 0.0203. The molecule has 1 saturated heterocycles. The van der Waals surface area contributed by atoms with Crippen LogP contribution in [0.5, 0.6) is 0 Å². The second-order valence-corrected chi connectivity index (χ2v) is 10.1. The minimum Gasteiger partial charge on any atom is -0.340 e. The Balaban J connectivity index is 1.39. The van der Waals surface area contributed by atoms with Crippen LogP contribution in [-0.4, -0.2) is 49.7 Å². The van der Waals surface area contributed by atoms with Gasteiger partial charge >= 0.3 is 0 Å². The third-order valence-corrected chi connectivity index (χ3v) is 7.91. The third kappa shape index (κ3) is 4.08. The molecular formula is C20H19BrF2N2O3S. The Labute approximate surface area is 176 Å². The molecule has 0 bridgehead atoms. The van der Waals surface area contributed by atoms with Crippen molar-refractivity contribution >= 4 is 31.9 Å². The van der Waals surface area contributed by atoms with E-state index in [2.05, 4.69) is 15.9 Å². The number of halogens is 3. The Morgan fingerprint density at radius 3 is 2.31 bits per heavy atom. The van der Waals surface area contributed by atoms with Gasteiger partial charge in [-0.1, -0.05) is 28.1 Å². The number of rotatable bonds is 4. The molecule has 2 fully saturated rings. The van der Waals surface area contributed by atoms with Crippen LogP contribution in [0.1, 0.15) is 17.9 Å². The summed E-state index contributed by atoms with van der Waals surface area (Å²) in [5, 5.41) is 0. The maximum atomic E-state index is 13.9. The van der Waals surface area contributed by atoms with Crippen LogP contribution in [-0.2, 0) is 14.8 Å². The zero-order valence-electron chi connectivity index (χ0n) is 15.4. The molecule has 1 aliphatic carbocycles. The quantitative estimate of drug-likeness (QED) is 0.668. The SMILES string of the molecule is O=C(C1CC1c1ccc(Br)cc1)N1CCN(S(=O)(=O)c2cc(F)ccc2F)CC1. The molecule has 9 heteroatoms. The molecule has 1 saturated carbocycles. The fourth-order valence-electron chi connectivity index (χ4n) is 3.74. The minimum atomic E-state index is -4.15. The number of hydrogen-bond donors (Lipinski definition) is 0. The van der Waals surface area contributed by atoms with Crippen molar-refractivity contribution in [1.82, 2.24) is 9.21 Å². The number of carbonyl (C=O) groups excluding carboxylic acids is 1. The number of hydrogen-bond acceptors (Lipinski definition) is 3. The Kier molecular flexibility index (Phi) is 5.48. The van der Waals surface area contributed by atoms with Crippen LogP contribution in [0.4, 0.5) is 8.78 Å². The lowest BCUT2D eigenvalue weighted by molar-refractivity contribution is -0.133. The molecule has 2 atom stereocenters. The summed E-state index contributed by atoms with van der Waals surface area (Å²) >= 11 is 3.40. The highest BCUT2D eigenvalue weighted by atomic mass is 79.9. The average molecular weight is 485 g/mol. The van der Waals surface area contributed by atoms with Gasteiger partial charge in [-0.3, -0.25) is 4.79 Å². The fraction of sp³-hybridized carbons (Fsp3) is 0.350. The van der Waals surface area contributed by atoms with Crippen LogP contribution in [0.2, 0.25) is 0 Å². The van der Waals surface area contributed by atoms with E-state index in [0.29, 0.717) is 6.07 Å². The van der Waals surface area contributed by atoms with Gasteiger partial charge in [0.25, 0.3) is 0 Å². The number of carbonyl (C=O) groups is 1. The molecule has 2 aromatic rings. The molecule has 5 nitrogen and oxygen atoms in total. The van der Waals surface area contributed by atoms with E-state index in [1.165, 1.54) is 0 Å². The number of piperazine rings is 1. The summed E-state index contributed by atoms with van der Waals surface area (Å²) in [6.07, 6.45) is 0.785. The molecule has 2 unspecified atom stereocenters. The summed E-state index contributed by atoms with van der Waals surface area (Å²) in [5.41, 5.74) is 1.12. The van der Waals surface area contributed by atoms with E-state index in [9.17, 15) is 22.0 Å². The molecule has 0 N–H and O–H groups in total. The Morgan fingerprint density at radius 2 is 1.66 bits per heavy atom. The van der Waals surface area contributed by atoms with Gasteiger partial charge in [-0.25, -0.2) is 17.2 Å². The lowest BCUT2D eigenvalue weighted by atomic mass is 10.1. The van der Waals surface area contributed by atoms with E-state index in [-0.39, 0.29) is 43.9 Å². The predicted molar refractivity (Wildman–Crippen MR) is 107 cm³/mol. The van der Waals surface area contributed by atoms with Gasteiger partial charge in [-0.15, -0.1) is 0 Å². The molecule has 29 heavy (non-hydrogen) atoms. The van der Waals surface area contributed by atoms with Crippen molar-refractivity contribution in [2.75, 3.05) is 26.2 Å². The average Bonchev–Trinajstić information content (AvgIpc) is 3.50. The summed E-state index contributed by atoms with van der Waals surface area (Å²) in [5.74, 6) is -1.67. The molecule has 1 amide bonds. The topological polar surface area (TPSA) is 57.7 Å². The van der Waals surface area contributed by atoms with Crippen molar-refractivity contribution in [2.45, 2.75) is 17.2 Å². The van der Waals surface area contributed by atoms with E-state index in [1.807, 2.05) is 24.3 Å². The van der Waals surface area contributed by atoms with E-state index in [1.54, 1.807) is 4.90 Å². The van der Waals surface area contributed by atoms with Crippen molar-refractivity contribution < 1.29 is 22.0 Å². The maximum absolute atomic E-state index is 13.9. The largest absolute Gasteiger partial charge is 0.340 e. The first-order valence-corrected chi connectivity index (χ1v) is 11.5. The first-order chi connectivity index (χ1) is 13.8. The van der Waals surface area contributed by atoms with Crippen molar-refractivity contribution in [3.05, 3.63) is 64.1 Å². The lowest BCUT2D eigenvalue weighted by Crippen LogP contribution is -2.51. The summed E-state index contributed by atoms with van der Waals surface area (Å²) in [6.45, 7) is 0.580. The van der Waals surface area contributed by atoms with Gasteiger partial charge in [0.15, 0.2) is 0 Å². The Morgan fingerprint density at radius 1 is 1.00 bits per heavy atom. The standard InChI is InChI=1S/C20H19BrF2N2O3S/c21-14-3-1-13(2-4-14)16-12-17(16)20(26)24-7-9-25(10-8-24)29(27,28)19-11-15(22)5-6-18(19)23/h1-6,11,16-17H,7-10,12H2. The molecule has 2 aliphatic rings. The van der Waals surface area contributed by atoms with Gasteiger partial charge in [0, 0.05) is 36.6 Å². The van der Waals surface area contributed by atoms with Crippen molar-refractivity contribution in [1.29, 1.82) is 0 Å². The highest BCUT2D eigenvalue weighted by Gasteiger charge is 2.46. The van der Waals surface area contributed by atoms with Gasteiger partial charge in [0.1, 0.15) is 16.5 Å². The molecular weight excluding hydrogens is 466 g/mol. The van der Waals surface area contributed by atoms with Crippen LogP contribution in [0.25, 0.3) is 0 Å². The first-order valence-electron chi connectivity index (χ1n) is 9.27. The van der Waals surface area contributed by atoms with Crippen LogP contribution >= 0.6 is 15.9 Å². The molecule has 0 aromatic heterocycles. The zero-order valence-corrected chi connectivity index (χ0v) is 17.8. The summed E-state index contributed by atoms with van der Waals surface area (Å²) in [6, 6.07) is 10.3. The molecule has 4 rings (SSSR count). The second kappa shape index (κ2) is 7.77. The van der Waals surface area contributed by atoms with Gasteiger partial charge in [0.2, 0.25) is 15.9 Å². The van der Waals surface area contributed by atoms with E-state index >= 15 is 0 Å². The normalized spacial score (nSPS) is 22.5. The smallest absolute Gasteiger partial charge is 0.246 e. The number of amides is 1. The Hall–Kier alpha value is -1.84. The van der Waals surface area contributed by atoms with Gasteiger partial charge in [0.05, 0.1) is 0 Å². The van der Waals surface area contributed by atoms with Crippen LogP contribution in [0.3, 0.4) is 0 Å². The molecule has 1 heterocycles. The third-order valence-electron chi connectivity index (χ3n) is 5.47. The zero-order chi connectivity index (χ0) is 20.8. The maximum Gasteiger partial charge on any atom is 0.246 e. The summed E-state index contributed by atoms with van der Waals surface area (Å²) in [4.78, 5) is 13.8. The van der Waals surface area contributed by atoms with Gasteiger partial charge in [-0.05, 0) is 48.2 Å². The van der Waals surface area contributed by atoms with Gasteiger partial charge < -0.3 is 4.90 Å². The Bertz CT molecular complexity index is 1040. The number of sulfonamides is 1. The first kappa shape index (κ1) is 20.4. The number of benzene rings is 2. The van der Waals surface area contributed by atoms with Crippen molar-refractivity contribution in [3.8, 4) is 0 Å². The second-order valence-electron chi connectivity index (χ2n) is 7.30. The number of nitrogens with zero attached hydrogens (tertiary/aromatic N) is 2. The van der Waals surface area contributed by atoms with E-state index < -0.39 is 26.6 Å². The van der Waals surface area contributed by atoms with E-state index in [0.717, 1.165) is 32.9 Å².